The third kappa shape index (κ3) is 5.98. The van der Waals surface area contributed by atoms with Gasteiger partial charge < -0.3 is 19.9 Å². The molecule has 3 aliphatic rings. The Morgan fingerprint density at radius 1 is 1.00 bits per heavy atom. The van der Waals surface area contributed by atoms with Gasteiger partial charge in [-0.05, 0) is 73.6 Å². The maximum absolute atomic E-state index is 12.7. The molecular weight excluding hydrogens is 455 g/mol. The molecule has 188 valence electrons. The lowest BCUT2D eigenvalue weighted by Crippen LogP contribution is -2.36. The van der Waals surface area contributed by atoms with Gasteiger partial charge in [-0.1, -0.05) is 12.1 Å². The first-order chi connectivity index (χ1) is 16.8. The predicted molar refractivity (Wildman–Crippen MR) is 130 cm³/mol. The SMILES string of the molecule is O=C(Nc1ccc(N2CC[C@@H]3CN(CCC(F)(F)F)C[C@@H]32)cc1)c1ccc(COC2CCC2)cc1. The smallest absolute Gasteiger partial charge is 0.374 e. The monoisotopic (exact) mass is 487 g/mol. The Balaban J connectivity index is 1.13. The summed E-state index contributed by atoms with van der Waals surface area (Å²) < 4.78 is 43.6. The molecule has 2 aromatic carbocycles. The minimum Gasteiger partial charge on any atom is -0.374 e. The second-order valence-electron chi connectivity index (χ2n) is 10.00. The van der Waals surface area contributed by atoms with Crippen molar-refractivity contribution in [1.29, 1.82) is 0 Å². The van der Waals surface area contributed by atoms with Gasteiger partial charge in [-0.3, -0.25) is 4.79 Å². The molecule has 0 spiro atoms. The minimum absolute atomic E-state index is 0.0732. The zero-order chi connectivity index (χ0) is 24.4. The van der Waals surface area contributed by atoms with Gasteiger partial charge in [-0.15, -0.1) is 0 Å². The van der Waals surface area contributed by atoms with Gasteiger partial charge in [-0.25, -0.2) is 0 Å². The molecule has 8 heteroatoms. The van der Waals surface area contributed by atoms with E-state index < -0.39 is 12.6 Å². The Bertz CT molecular complexity index is 1010. The summed E-state index contributed by atoms with van der Waals surface area (Å²) in [5, 5.41) is 2.94. The molecular formula is C27H32F3N3O2. The molecule has 1 amide bonds. The molecule has 1 saturated carbocycles. The molecule has 5 nitrogen and oxygen atoms in total. The fourth-order valence-corrected chi connectivity index (χ4v) is 5.28. The number of likely N-dealkylation sites (tertiary alicyclic amines) is 1. The fraction of sp³-hybridized carbons (Fsp3) is 0.519. The highest BCUT2D eigenvalue weighted by Crippen LogP contribution is 2.36. The predicted octanol–water partition coefficient (Wildman–Crippen LogP) is 5.47. The molecule has 2 atom stereocenters. The van der Waals surface area contributed by atoms with Crippen molar-refractivity contribution < 1.29 is 22.7 Å². The van der Waals surface area contributed by atoms with Crippen LogP contribution in [0.2, 0.25) is 0 Å². The Kier molecular flexibility index (Phi) is 7.02. The number of hydrogen-bond acceptors (Lipinski definition) is 4. The minimum atomic E-state index is -4.11. The Hall–Kier alpha value is -2.58. The lowest BCUT2D eigenvalue weighted by Gasteiger charge is -2.27. The summed E-state index contributed by atoms with van der Waals surface area (Å²) >= 11 is 0. The first kappa shape index (κ1) is 24.1. The van der Waals surface area contributed by atoms with E-state index in [-0.39, 0.29) is 18.5 Å². The number of ether oxygens (including phenoxy) is 1. The summed E-state index contributed by atoms with van der Waals surface area (Å²) in [6, 6.07) is 15.5. The third-order valence-electron chi connectivity index (χ3n) is 7.55. The van der Waals surface area contributed by atoms with Gasteiger partial charge in [0, 0.05) is 49.2 Å². The van der Waals surface area contributed by atoms with Crippen molar-refractivity contribution in [3.63, 3.8) is 0 Å². The van der Waals surface area contributed by atoms with Crippen LogP contribution in [0.4, 0.5) is 24.5 Å². The van der Waals surface area contributed by atoms with E-state index in [0.29, 0.717) is 36.4 Å². The zero-order valence-electron chi connectivity index (χ0n) is 19.8. The van der Waals surface area contributed by atoms with Crippen molar-refractivity contribution in [2.75, 3.05) is 36.4 Å². The number of carbonyl (C=O) groups is 1. The molecule has 0 bridgehead atoms. The zero-order valence-corrected chi connectivity index (χ0v) is 19.8. The highest BCUT2D eigenvalue weighted by atomic mass is 19.4. The number of nitrogens with one attached hydrogen (secondary N) is 1. The first-order valence-corrected chi connectivity index (χ1v) is 12.5. The summed E-state index contributed by atoms with van der Waals surface area (Å²) in [4.78, 5) is 16.9. The largest absolute Gasteiger partial charge is 0.390 e. The number of fused-ring (bicyclic) bond motifs is 1. The van der Waals surface area contributed by atoms with E-state index in [1.54, 1.807) is 0 Å². The maximum atomic E-state index is 12.7. The molecule has 0 aromatic heterocycles. The quantitative estimate of drug-likeness (QED) is 0.536. The van der Waals surface area contributed by atoms with Crippen molar-refractivity contribution in [3.8, 4) is 0 Å². The molecule has 1 N–H and O–H groups in total. The average molecular weight is 488 g/mol. The van der Waals surface area contributed by atoms with Crippen molar-refractivity contribution in [1.82, 2.24) is 4.90 Å². The first-order valence-electron chi connectivity index (χ1n) is 12.5. The number of nitrogens with zero attached hydrogens (tertiary/aromatic N) is 2. The van der Waals surface area contributed by atoms with Crippen LogP contribution in [-0.4, -0.2) is 55.3 Å². The van der Waals surface area contributed by atoms with Gasteiger partial charge in [0.1, 0.15) is 0 Å². The number of carbonyl (C=O) groups excluding carboxylic acids is 1. The highest BCUT2D eigenvalue weighted by Gasteiger charge is 2.42. The number of rotatable bonds is 8. The average Bonchev–Trinajstić information content (AvgIpc) is 3.38. The summed E-state index contributed by atoms with van der Waals surface area (Å²) in [5.41, 5.74) is 3.41. The number of alkyl halides is 3. The summed E-state index contributed by atoms with van der Waals surface area (Å²) in [7, 11) is 0. The van der Waals surface area contributed by atoms with Crippen LogP contribution < -0.4 is 10.2 Å². The van der Waals surface area contributed by atoms with Crippen LogP contribution in [0.25, 0.3) is 0 Å². The van der Waals surface area contributed by atoms with E-state index in [9.17, 15) is 18.0 Å². The molecule has 2 aliphatic heterocycles. The summed E-state index contributed by atoms with van der Waals surface area (Å²) in [5.74, 6) is 0.242. The van der Waals surface area contributed by atoms with Crippen LogP contribution in [-0.2, 0) is 11.3 Å². The number of anilines is 2. The van der Waals surface area contributed by atoms with Crippen molar-refractivity contribution in [2.24, 2.45) is 5.92 Å². The van der Waals surface area contributed by atoms with E-state index in [4.69, 9.17) is 4.74 Å². The van der Waals surface area contributed by atoms with Gasteiger partial charge >= 0.3 is 6.18 Å². The van der Waals surface area contributed by atoms with Crippen LogP contribution in [0.15, 0.2) is 48.5 Å². The Labute approximate surface area is 204 Å². The van der Waals surface area contributed by atoms with Crippen molar-refractivity contribution in [2.45, 2.75) is 57.0 Å². The van der Waals surface area contributed by atoms with Crippen LogP contribution in [0.1, 0.15) is 48.0 Å². The topological polar surface area (TPSA) is 44.8 Å². The summed E-state index contributed by atoms with van der Waals surface area (Å²) in [6.07, 6.45) is 0.0365. The van der Waals surface area contributed by atoms with Crippen LogP contribution in [0, 0.1) is 5.92 Å². The van der Waals surface area contributed by atoms with E-state index in [0.717, 1.165) is 43.6 Å². The molecule has 35 heavy (non-hydrogen) atoms. The van der Waals surface area contributed by atoms with E-state index >= 15 is 0 Å². The molecule has 2 saturated heterocycles. The Morgan fingerprint density at radius 2 is 1.74 bits per heavy atom. The van der Waals surface area contributed by atoms with Crippen molar-refractivity contribution >= 4 is 17.3 Å². The second-order valence-corrected chi connectivity index (χ2v) is 10.00. The number of amides is 1. The lowest BCUT2D eigenvalue weighted by atomic mass is 9.96. The third-order valence-corrected chi connectivity index (χ3v) is 7.55. The standard InChI is InChI=1S/C27H32F3N3O2/c28-27(29,30)13-15-32-16-21-12-14-33(25(21)17-32)23-10-8-22(9-11-23)31-26(34)20-6-4-19(5-7-20)18-35-24-2-1-3-24/h4-11,21,24-25H,1-3,12-18H2,(H,31,34)/t21-,25+/m1/s1. The Morgan fingerprint density at radius 3 is 2.40 bits per heavy atom. The fourth-order valence-electron chi connectivity index (χ4n) is 5.28. The number of hydrogen-bond donors (Lipinski definition) is 1. The molecule has 5 rings (SSSR count). The maximum Gasteiger partial charge on any atom is 0.390 e. The van der Waals surface area contributed by atoms with Crippen LogP contribution in [0.3, 0.4) is 0 Å². The van der Waals surface area contributed by atoms with Gasteiger partial charge in [-0.2, -0.15) is 13.2 Å². The molecule has 0 radical (unpaired) electrons. The van der Waals surface area contributed by atoms with Crippen LogP contribution in [0.5, 0.6) is 0 Å². The normalized spacial score (nSPS) is 22.8. The van der Waals surface area contributed by atoms with Gasteiger partial charge in [0.25, 0.3) is 5.91 Å². The van der Waals surface area contributed by atoms with Crippen molar-refractivity contribution in [3.05, 3.63) is 59.7 Å². The molecule has 1 aliphatic carbocycles. The van der Waals surface area contributed by atoms with Crippen LogP contribution >= 0.6 is 0 Å². The van der Waals surface area contributed by atoms with E-state index in [1.165, 1.54) is 6.42 Å². The number of benzene rings is 2. The van der Waals surface area contributed by atoms with Gasteiger partial charge in [0.05, 0.1) is 19.1 Å². The van der Waals surface area contributed by atoms with E-state index in [1.807, 2.05) is 53.4 Å². The molecule has 2 heterocycles. The molecule has 2 aromatic rings. The molecule has 0 unspecified atom stereocenters. The lowest BCUT2D eigenvalue weighted by molar-refractivity contribution is -0.137. The highest BCUT2D eigenvalue weighted by molar-refractivity contribution is 6.04. The molecule has 3 fully saturated rings. The van der Waals surface area contributed by atoms with Gasteiger partial charge in [0.2, 0.25) is 0 Å². The van der Waals surface area contributed by atoms with E-state index in [2.05, 4.69) is 10.2 Å². The second kappa shape index (κ2) is 10.2. The summed E-state index contributed by atoms with van der Waals surface area (Å²) in [6.45, 7) is 2.96. The number of halogens is 3. The van der Waals surface area contributed by atoms with Gasteiger partial charge in [0.15, 0.2) is 0 Å².